The second-order valence-electron chi connectivity index (χ2n) is 16.5. The Kier molecular flexibility index (Phi) is 7.58. The molecule has 3 nitrogen and oxygen atoms in total. The number of fused-ring (bicyclic) bond motifs is 10. The highest BCUT2D eigenvalue weighted by Crippen LogP contribution is 2.53. The van der Waals surface area contributed by atoms with Crippen LogP contribution in [0.4, 0.5) is 17.1 Å². The number of hydrogen-bond donors (Lipinski definition) is 0. The lowest BCUT2D eigenvalue weighted by Gasteiger charge is -2.25. The summed E-state index contributed by atoms with van der Waals surface area (Å²) in [6.07, 6.45) is 0. The zero-order chi connectivity index (χ0) is 40.0. The minimum Gasteiger partial charge on any atom is -0.456 e. The number of aromatic nitrogens is 1. The van der Waals surface area contributed by atoms with Crippen molar-refractivity contribution in [2.24, 2.45) is 0 Å². The Morgan fingerprint density at radius 3 is 1.78 bits per heavy atom. The number of anilines is 3. The molecule has 0 saturated carbocycles. The summed E-state index contributed by atoms with van der Waals surface area (Å²) in [5.41, 5.74) is 18.8. The van der Waals surface area contributed by atoms with Crippen molar-refractivity contribution < 1.29 is 4.42 Å². The molecule has 0 N–H and O–H groups in total. The van der Waals surface area contributed by atoms with E-state index in [9.17, 15) is 0 Å². The van der Waals surface area contributed by atoms with Gasteiger partial charge in [-0.1, -0.05) is 141 Å². The molecule has 0 spiro atoms. The molecule has 11 aromatic rings. The van der Waals surface area contributed by atoms with E-state index in [4.69, 9.17) is 4.42 Å². The fraction of sp³-hybridized carbons (Fsp3) is 0.0526. The predicted octanol–water partition coefficient (Wildman–Crippen LogP) is 15.8. The minimum absolute atomic E-state index is 0.130. The molecule has 2 heterocycles. The van der Waals surface area contributed by atoms with Crippen molar-refractivity contribution in [1.29, 1.82) is 0 Å². The molecule has 284 valence electrons. The van der Waals surface area contributed by atoms with Crippen LogP contribution < -0.4 is 4.90 Å². The maximum atomic E-state index is 6.30. The smallest absolute Gasteiger partial charge is 0.137 e. The average molecular weight is 769 g/mol. The van der Waals surface area contributed by atoms with E-state index in [-0.39, 0.29) is 5.41 Å². The standard InChI is InChI=1S/C57H40N2O/c1-57(2)50-19-11-9-17-45(50)48-32-34-52-55(56(48)57)49-35-40(27-33-51(49)59(52)42-15-7-4-8-16-42)39-23-21-37(22-24-39)38-25-28-43(29-26-38)58(41-13-5-3-6-14-41)44-30-31-47-46-18-10-12-20-53(46)60-54(47)36-44/h3-36H,1-2H3. The first-order chi connectivity index (χ1) is 29.5. The Balaban J connectivity index is 0.917. The van der Waals surface area contributed by atoms with E-state index < -0.39 is 0 Å². The summed E-state index contributed by atoms with van der Waals surface area (Å²) in [6.45, 7) is 4.77. The summed E-state index contributed by atoms with van der Waals surface area (Å²) >= 11 is 0. The van der Waals surface area contributed by atoms with E-state index in [1.807, 2.05) is 12.1 Å². The number of para-hydroxylation sites is 3. The summed E-state index contributed by atoms with van der Waals surface area (Å²) < 4.78 is 8.74. The molecule has 1 aliphatic rings. The predicted molar refractivity (Wildman–Crippen MR) is 251 cm³/mol. The number of benzene rings is 9. The van der Waals surface area contributed by atoms with E-state index in [1.54, 1.807) is 0 Å². The second kappa shape index (κ2) is 13.2. The summed E-state index contributed by atoms with van der Waals surface area (Å²) in [5, 5.41) is 4.88. The molecular weight excluding hydrogens is 729 g/mol. The van der Waals surface area contributed by atoms with Crippen LogP contribution in [0.15, 0.2) is 211 Å². The molecule has 2 aromatic heterocycles. The fourth-order valence-corrected chi connectivity index (χ4v) is 9.95. The molecule has 0 fully saturated rings. The van der Waals surface area contributed by atoms with Gasteiger partial charge in [0.05, 0.1) is 11.0 Å². The van der Waals surface area contributed by atoms with Crippen LogP contribution in [-0.4, -0.2) is 4.57 Å². The largest absolute Gasteiger partial charge is 0.456 e. The summed E-state index contributed by atoms with van der Waals surface area (Å²) in [7, 11) is 0. The molecule has 60 heavy (non-hydrogen) atoms. The van der Waals surface area contributed by atoms with Crippen molar-refractivity contribution in [1.82, 2.24) is 4.57 Å². The van der Waals surface area contributed by atoms with Crippen LogP contribution in [0.2, 0.25) is 0 Å². The fourth-order valence-electron chi connectivity index (χ4n) is 9.95. The Morgan fingerprint density at radius 2 is 1.00 bits per heavy atom. The molecule has 0 unspecified atom stereocenters. The van der Waals surface area contributed by atoms with Gasteiger partial charge in [-0.25, -0.2) is 0 Å². The van der Waals surface area contributed by atoms with Gasteiger partial charge in [-0.3, -0.25) is 0 Å². The molecule has 0 amide bonds. The van der Waals surface area contributed by atoms with Gasteiger partial charge in [-0.15, -0.1) is 0 Å². The van der Waals surface area contributed by atoms with Gasteiger partial charge in [0.1, 0.15) is 11.2 Å². The Bertz CT molecular complexity index is 3430. The zero-order valence-corrected chi connectivity index (χ0v) is 33.4. The molecular formula is C57H40N2O. The average Bonchev–Trinajstić information content (AvgIpc) is 3.92. The highest BCUT2D eigenvalue weighted by Gasteiger charge is 2.38. The first kappa shape index (κ1) is 34.4. The third kappa shape index (κ3) is 5.22. The first-order valence-corrected chi connectivity index (χ1v) is 20.8. The summed E-state index contributed by atoms with van der Waals surface area (Å²) in [6, 6.07) is 74.6. The van der Waals surface area contributed by atoms with Gasteiger partial charge in [-0.05, 0) is 117 Å². The highest BCUT2D eigenvalue weighted by molar-refractivity contribution is 6.15. The molecule has 1 aliphatic carbocycles. The molecule has 3 heteroatoms. The van der Waals surface area contributed by atoms with Crippen LogP contribution in [0.1, 0.15) is 25.0 Å². The molecule has 0 bridgehead atoms. The Morgan fingerprint density at radius 1 is 0.417 bits per heavy atom. The second-order valence-corrected chi connectivity index (χ2v) is 16.5. The van der Waals surface area contributed by atoms with E-state index in [2.05, 4.69) is 217 Å². The van der Waals surface area contributed by atoms with E-state index in [0.717, 1.165) is 39.0 Å². The molecule has 0 radical (unpaired) electrons. The van der Waals surface area contributed by atoms with Crippen LogP contribution in [0.3, 0.4) is 0 Å². The van der Waals surface area contributed by atoms with Gasteiger partial charge in [0.2, 0.25) is 0 Å². The van der Waals surface area contributed by atoms with Crippen molar-refractivity contribution in [3.05, 3.63) is 217 Å². The normalized spacial score (nSPS) is 13.0. The number of hydrogen-bond acceptors (Lipinski definition) is 2. The van der Waals surface area contributed by atoms with Gasteiger partial charge in [-0.2, -0.15) is 0 Å². The molecule has 0 saturated heterocycles. The summed E-state index contributed by atoms with van der Waals surface area (Å²) in [5.74, 6) is 0. The van der Waals surface area contributed by atoms with Crippen LogP contribution in [0.25, 0.3) is 82.8 Å². The van der Waals surface area contributed by atoms with Crippen LogP contribution in [-0.2, 0) is 5.41 Å². The minimum atomic E-state index is -0.130. The first-order valence-electron chi connectivity index (χ1n) is 20.8. The van der Waals surface area contributed by atoms with E-state index in [0.29, 0.717) is 0 Å². The van der Waals surface area contributed by atoms with Crippen molar-refractivity contribution in [3.8, 4) is 39.1 Å². The third-order valence-corrected chi connectivity index (χ3v) is 12.8. The van der Waals surface area contributed by atoms with Gasteiger partial charge in [0, 0.05) is 55.8 Å². The van der Waals surface area contributed by atoms with E-state index >= 15 is 0 Å². The maximum Gasteiger partial charge on any atom is 0.137 e. The lowest BCUT2D eigenvalue weighted by atomic mass is 9.80. The monoisotopic (exact) mass is 768 g/mol. The molecule has 12 rings (SSSR count). The molecule has 9 aromatic carbocycles. The van der Waals surface area contributed by atoms with Gasteiger partial charge >= 0.3 is 0 Å². The van der Waals surface area contributed by atoms with Crippen molar-refractivity contribution >= 4 is 60.8 Å². The topological polar surface area (TPSA) is 21.3 Å². The lowest BCUT2D eigenvalue weighted by molar-refractivity contribution is 0.666. The molecule has 0 atom stereocenters. The van der Waals surface area contributed by atoms with Gasteiger partial charge in [0.25, 0.3) is 0 Å². The Hall–Kier alpha value is -7.62. The lowest BCUT2D eigenvalue weighted by Crippen LogP contribution is -2.15. The zero-order valence-electron chi connectivity index (χ0n) is 33.4. The van der Waals surface area contributed by atoms with Crippen molar-refractivity contribution in [2.45, 2.75) is 19.3 Å². The number of nitrogens with zero attached hydrogens (tertiary/aromatic N) is 2. The SMILES string of the molecule is CC1(C)c2ccccc2-c2ccc3c(c21)c1cc(-c2ccc(-c4ccc(N(c5ccccc5)c5ccc6c(c5)oc5ccccc56)cc4)cc2)ccc1n3-c1ccccc1. The van der Waals surface area contributed by atoms with Crippen LogP contribution in [0, 0.1) is 0 Å². The van der Waals surface area contributed by atoms with Crippen molar-refractivity contribution in [2.75, 3.05) is 4.90 Å². The maximum absolute atomic E-state index is 6.30. The number of furan rings is 1. The van der Waals surface area contributed by atoms with Crippen molar-refractivity contribution in [3.63, 3.8) is 0 Å². The van der Waals surface area contributed by atoms with Crippen LogP contribution in [0.5, 0.6) is 0 Å². The van der Waals surface area contributed by atoms with Gasteiger partial charge < -0.3 is 13.9 Å². The van der Waals surface area contributed by atoms with Gasteiger partial charge in [0.15, 0.2) is 0 Å². The van der Waals surface area contributed by atoms with E-state index in [1.165, 1.54) is 72.0 Å². The summed E-state index contributed by atoms with van der Waals surface area (Å²) in [4.78, 5) is 2.29. The highest BCUT2D eigenvalue weighted by atomic mass is 16.3. The Labute approximate surface area is 349 Å². The molecule has 0 aliphatic heterocycles. The quantitative estimate of drug-likeness (QED) is 0.168. The van der Waals surface area contributed by atoms with Crippen LogP contribution >= 0.6 is 0 Å². The third-order valence-electron chi connectivity index (χ3n) is 12.8. The number of rotatable bonds is 6.